The zero-order chi connectivity index (χ0) is 76.0. The first-order valence-electron chi connectivity index (χ1n) is 40.4. The molecule has 2 unspecified atom stereocenters. The van der Waals surface area contributed by atoms with Crippen LogP contribution in [0.1, 0.15) is 323 Å². The van der Waals surface area contributed by atoms with Crippen molar-refractivity contribution in [3.8, 4) is 0 Å². The molecule has 0 aliphatic heterocycles. The summed E-state index contributed by atoms with van der Waals surface area (Å²) in [6.07, 6.45) is 85.8. The third-order valence-corrected chi connectivity index (χ3v) is 18.5. The summed E-state index contributed by atoms with van der Waals surface area (Å²) in [6.45, 7) is 4.65. The summed E-state index contributed by atoms with van der Waals surface area (Å²) in [5, 5.41) is 10.6. The Kier molecular flexibility index (Phi) is 72.9. The van der Waals surface area contributed by atoms with Crippen LogP contribution in [0.3, 0.4) is 0 Å². The number of phosphoric acid groups is 2. The molecule has 3 N–H and O–H groups in total. The molecule has 5 atom stereocenters. The second-order valence-electron chi connectivity index (χ2n) is 26.7. The van der Waals surface area contributed by atoms with Crippen LogP contribution >= 0.6 is 15.6 Å². The molecule has 104 heavy (non-hydrogen) atoms. The van der Waals surface area contributed by atoms with Crippen LogP contribution in [-0.2, 0) is 65.4 Å². The van der Waals surface area contributed by atoms with Crippen LogP contribution in [0.5, 0.6) is 0 Å². The molecule has 0 heterocycles. The van der Waals surface area contributed by atoms with Gasteiger partial charge in [0, 0.05) is 25.7 Å². The Bertz CT molecular complexity index is 2490. The summed E-state index contributed by atoms with van der Waals surface area (Å²) in [5.41, 5.74) is 0. The Morgan fingerprint density at radius 2 is 0.510 bits per heavy atom. The highest BCUT2D eigenvalue weighted by molar-refractivity contribution is 7.47. The van der Waals surface area contributed by atoms with E-state index in [9.17, 15) is 43.2 Å². The molecule has 0 aromatic heterocycles. The molecule has 17 nitrogen and oxygen atoms in total. The number of rotatable bonds is 75. The van der Waals surface area contributed by atoms with Crippen molar-refractivity contribution in [3.63, 3.8) is 0 Å². The maximum absolute atomic E-state index is 13.1. The molecule has 0 aromatic rings. The predicted octanol–water partition coefficient (Wildman–Crippen LogP) is 23.7. The van der Waals surface area contributed by atoms with Crippen LogP contribution in [0.2, 0.25) is 0 Å². The molecule has 0 saturated carbocycles. The number of ether oxygens (including phenoxy) is 4. The zero-order valence-electron chi connectivity index (χ0n) is 65.2. The van der Waals surface area contributed by atoms with Crippen LogP contribution < -0.4 is 0 Å². The van der Waals surface area contributed by atoms with Gasteiger partial charge in [0.1, 0.15) is 19.3 Å². The largest absolute Gasteiger partial charge is 0.472 e. The molecular formula is C85H144O17P2. The van der Waals surface area contributed by atoms with Gasteiger partial charge in [0.15, 0.2) is 12.2 Å². The van der Waals surface area contributed by atoms with Crippen LogP contribution in [0.15, 0.2) is 134 Å². The van der Waals surface area contributed by atoms with Crippen molar-refractivity contribution in [1.82, 2.24) is 0 Å². The lowest BCUT2D eigenvalue weighted by molar-refractivity contribution is -0.161. The number of hydrogen-bond acceptors (Lipinski definition) is 15. The zero-order valence-corrected chi connectivity index (χ0v) is 66.9. The normalized spacial score (nSPS) is 14.6. The van der Waals surface area contributed by atoms with Crippen LogP contribution in [-0.4, -0.2) is 96.7 Å². The van der Waals surface area contributed by atoms with Gasteiger partial charge in [0.2, 0.25) is 0 Å². The number of allylic oxidation sites excluding steroid dienone is 22. The van der Waals surface area contributed by atoms with Crippen molar-refractivity contribution in [2.45, 2.75) is 341 Å². The maximum atomic E-state index is 13.1. The van der Waals surface area contributed by atoms with E-state index in [1.54, 1.807) is 0 Å². The molecule has 0 amide bonds. The van der Waals surface area contributed by atoms with Crippen molar-refractivity contribution < 1.29 is 80.2 Å². The lowest BCUT2D eigenvalue weighted by Crippen LogP contribution is -2.30. The number of carbonyl (C=O) groups is 4. The van der Waals surface area contributed by atoms with Crippen molar-refractivity contribution in [2.24, 2.45) is 0 Å². The highest BCUT2D eigenvalue weighted by Gasteiger charge is 2.30. The molecule has 0 spiro atoms. The average molecular weight is 1500 g/mol. The number of unbranched alkanes of at least 4 members (excludes halogenated alkanes) is 28. The molecule has 0 bridgehead atoms. The fourth-order valence-corrected chi connectivity index (χ4v) is 11.9. The van der Waals surface area contributed by atoms with E-state index in [4.69, 9.17) is 37.0 Å². The number of phosphoric ester groups is 2. The van der Waals surface area contributed by atoms with Gasteiger partial charge < -0.3 is 33.8 Å². The molecular weight excluding hydrogens is 1350 g/mol. The van der Waals surface area contributed by atoms with Gasteiger partial charge in [-0.25, -0.2) is 9.13 Å². The first-order chi connectivity index (χ1) is 50.7. The smallest absolute Gasteiger partial charge is 0.462 e. The fourth-order valence-electron chi connectivity index (χ4n) is 10.4. The molecule has 596 valence electrons. The van der Waals surface area contributed by atoms with Gasteiger partial charge in [0.05, 0.1) is 26.4 Å². The van der Waals surface area contributed by atoms with E-state index in [0.717, 1.165) is 128 Å². The van der Waals surface area contributed by atoms with Crippen molar-refractivity contribution in [1.29, 1.82) is 0 Å². The van der Waals surface area contributed by atoms with Gasteiger partial charge in [-0.15, -0.1) is 0 Å². The van der Waals surface area contributed by atoms with Crippen molar-refractivity contribution in [3.05, 3.63) is 134 Å². The first-order valence-corrected chi connectivity index (χ1v) is 43.4. The molecule has 0 radical (unpaired) electrons. The SMILES string of the molecule is CCCCC/C=C\C/C=C\C/C=C\C/C=C\CCCC(=O)OC[C@H](COP(=O)(O)OC[C@@H](O)COP(=O)(O)OC[C@@H](COC(=O)CCC/C=C\C/C=C\C/C=C\C/C=C\CCCCC)OC(=O)CCCCCCC/C=C\CCCCCCCC)OC(=O)CCCCCCC/C=C\C=C/CCCCCC. The second kappa shape index (κ2) is 76.4. The lowest BCUT2D eigenvalue weighted by Gasteiger charge is -2.21. The topological polar surface area (TPSA) is 237 Å². The third kappa shape index (κ3) is 75.4. The summed E-state index contributed by atoms with van der Waals surface area (Å²) in [6, 6.07) is 0. The summed E-state index contributed by atoms with van der Waals surface area (Å²) >= 11 is 0. The lowest BCUT2D eigenvalue weighted by atomic mass is 10.1. The Morgan fingerprint density at radius 3 is 0.846 bits per heavy atom. The van der Waals surface area contributed by atoms with Gasteiger partial charge >= 0.3 is 39.5 Å². The Labute approximate surface area is 631 Å². The van der Waals surface area contributed by atoms with Gasteiger partial charge in [-0.05, 0) is 154 Å². The number of aliphatic hydroxyl groups is 1. The second-order valence-corrected chi connectivity index (χ2v) is 29.6. The average Bonchev–Trinajstić information content (AvgIpc) is 0.937. The minimum atomic E-state index is -5.00. The summed E-state index contributed by atoms with van der Waals surface area (Å²) in [4.78, 5) is 73.0. The molecule has 0 fully saturated rings. The standard InChI is InChI=1S/C85H144O17P2/c1-5-9-13-17-21-25-29-33-37-39-43-45-49-53-57-61-65-69-82(87)95-75-80(101-84(89)71-67-63-59-55-51-47-41-35-31-27-23-19-15-11-7-3)77-99-103(91,92)97-73-79(86)74-98-104(93,94)100-78-81(102-85(90)72-68-64-60-56-52-48-42-36-32-28-24-20-16-12-8-4)76-96-83(88)70-66-62-58-54-50-46-44-40-38-34-30-26-22-18-14-10-6-2/h21-22,25-27,31,33-38,41-46,53-54,57-58,79-81,86H,5-20,23-24,28-30,32,39-40,47-52,55-56,59-78H2,1-4H3,(H,91,92)(H,93,94)/b25-21-,26-22-,31-27-,37-33-,38-34-,41-35-,42-36-,45-43-,46-44-,57-53-,58-54-/t79-,80-,81-/m1/s1. The summed E-state index contributed by atoms with van der Waals surface area (Å²) in [5.74, 6) is -2.33. The summed E-state index contributed by atoms with van der Waals surface area (Å²) in [7, 11) is -10.00. The van der Waals surface area contributed by atoms with E-state index >= 15 is 0 Å². The van der Waals surface area contributed by atoms with Gasteiger partial charge in [-0.3, -0.25) is 37.3 Å². The van der Waals surface area contributed by atoms with E-state index in [0.29, 0.717) is 38.5 Å². The Morgan fingerprint density at radius 1 is 0.279 bits per heavy atom. The van der Waals surface area contributed by atoms with Gasteiger partial charge in [-0.2, -0.15) is 0 Å². The minimum absolute atomic E-state index is 0.0616. The van der Waals surface area contributed by atoms with Gasteiger partial charge in [0.25, 0.3) is 0 Å². The van der Waals surface area contributed by atoms with E-state index in [2.05, 4.69) is 137 Å². The molecule has 0 aromatic carbocycles. The quantitative estimate of drug-likeness (QED) is 0.0128. The van der Waals surface area contributed by atoms with Gasteiger partial charge in [-0.1, -0.05) is 277 Å². The van der Waals surface area contributed by atoms with Crippen molar-refractivity contribution >= 4 is 39.5 Å². The van der Waals surface area contributed by atoms with Crippen LogP contribution in [0, 0.1) is 0 Å². The molecule has 0 saturated heterocycles. The van der Waals surface area contributed by atoms with E-state index in [1.165, 1.54) is 103 Å². The monoisotopic (exact) mass is 1500 g/mol. The van der Waals surface area contributed by atoms with E-state index in [-0.39, 0.29) is 25.7 Å². The molecule has 0 aliphatic rings. The maximum Gasteiger partial charge on any atom is 0.472 e. The van der Waals surface area contributed by atoms with Crippen LogP contribution in [0.25, 0.3) is 0 Å². The minimum Gasteiger partial charge on any atom is -0.462 e. The van der Waals surface area contributed by atoms with E-state index in [1.807, 2.05) is 24.3 Å². The first kappa shape index (κ1) is 99.2. The number of esters is 4. The third-order valence-electron chi connectivity index (χ3n) is 16.6. The van der Waals surface area contributed by atoms with Crippen LogP contribution in [0.4, 0.5) is 0 Å². The highest BCUT2D eigenvalue weighted by Crippen LogP contribution is 2.45. The fraction of sp³-hybridized carbons (Fsp3) is 0.694. The van der Waals surface area contributed by atoms with E-state index < -0.39 is 97.5 Å². The van der Waals surface area contributed by atoms with Crippen molar-refractivity contribution in [2.75, 3.05) is 39.6 Å². The molecule has 0 rings (SSSR count). The Balaban J connectivity index is 5.48. The predicted molar refractivity (Wildman–Crippen MR) is 427 cm³/mol. The summed E-state index contributed by atoms with van der Waals surface area (Å²) < 4.78 is 68.5. The molecule has 19 heteroatoms. The Hall–Kier alpha value is -4.80. The molecule has 0 aliphatic carbocycles. The number of aliphatic hydroxyl groups excluding tert-OH is 1. The number of carbonyl (C=O) groups excluding carboxylic acids is 4. The highest BCUT2D eigenvalue weighted by atomic mass is 31.2. The number of hydrogen-bond donors (Lipinski definition) is 3.